The summed E-state index contributed by atoms with van der Waals surface area (Å²) in [6, 6.07) is -0.933. The summed E-state index contributed by atoms with van der Waals surface area (Å²) < 4.78 is 11.4. The third kappa shape index (κ3) is 4.93. The van der Waals surface area contributed by atoms with E-state index in [1.807, 2.05) is 5.32 Å². The van der Waals surface area contributed by atoms with Gasteiger partial charge in [0.05, 0.1) is 0 Å². The monoisotopic (exact) mass is 221 g/mol. The molecule has 0 spiro atoms. The Bertz CT molecular complexity index is 244. The standard InChI is InChI=1S/C7H15N3O3S/c1-5(6(11)10-7(9)12)14(13)4-2-3-8/h5H,2-4,8H2,1H3,(H3,9,10,11,12). The van der Waals surface area contributed by atoms with Gasteiger partial charge >= 0.3 is 6.03 Å². The molecule has 0 heterocycles. The van der Waals surface area contributed by atoms with Crippen LogP contribution in [0.1, 0.15) is 13.3 Å². The fraction of sp³-hybridized carbons (Fsp3) is 0.714. The molecule has 3 amide bonds. The Kier molecular flexibility index (Phi) is 6.06. The fourth-order valence-corrected chi connectivity index (χ4v) is 1.85. The van der Waals surface area contributed by atoms with Crippen LogP contribution in [0.3, 0.4) is 0 Å². The third-order valence-electron chi connectivity index (χ3n) is 1.56. The number of amides is 3. The molecule has 0 aromatic heterocycles. The van der Waals surface area contributed by atoms with Crippen LogP contribution in [0.15, 0.2) is 0 Å². The van der Waals surface area contributed by atoms with E-state index >= 15 is 0 Å². The molecule has 0 saturated heterocycles. The zero-order valence-electron chi connectivity index (χ0n) is 7.99. The van der Waals surface area contributed by atoms with Crippen molar-refractivity contribution in [3.05, 3.63) is 0 Å². The van der Waals surface area contributed by atoms with E-state index < -0.39 is 28.0 Å². The van der Waals surface area contributed by atoms with Crippen LogP contribution >= 0.6 is 0 Å². The van der Waals surface area contributed by atoms with Crippen LogP contribution in [0.25, 0.3) is 0 Å². The Morgan fingerprint density at radius 1 is 1.50 bits per heavy atom. The molecule has 0 aromatic carbocycles. The summed E-state index contributed by atoms with van der Waals surface area (Å²) in [5, 5.41) is 1.13. The van der Waals surface area contributed by atoms with Gasteiger partial charge in [-0.3, -0.25) is 14.3 Å². The maximum absolute atomic E-state index is 11.4. The largest absolute Gasteiger partial charge is 0.351 e. The van der Waals surface area contributed by atoms with Gasteiger partial charge in [0, 0.05) is 16.6 Å². The summed E-state index contributed by atoms with van der Waals surface area (Å²) in [4.78, 5) is 21.4. The molecule has 5 N–H and O–H groups in total. The predicted molar refractivity (Wildman–Crippen MR) is 53.9 cm³/mol. The van der Waals surface area contributed by atoms with Gasteiger partial charge in [-0.1, -0.05) is 0 Å². The van der Waals surface area contributed by atoms with Gasteiger partial charge in [-0.25, -0.2) is 4.79 Å². The minimum absolute atomic E-state index is 0.351. The van der Waals surface area contributed by atoms with Crippen molar-refractivity contribution < 1.29 is 13.8 Å². The molecule has 7 heteroatoms. The van der Waals surface area contributed by atoms with Crippen LogP contribution in [0.4, 0.5) is 4.79 Å². The molecule has 0 aliphatic carbocycles. The lowest BCUT2D eigenvalue weighted by Crippen LogP contribution is -2.42. The first-order chi connectivity index (χ1) is 6.49. The highest BCUT2D eigenvalue weighted by atomic mass is 32.2. The quantitative estimate of drug-likeness (QED) is 0.533. The number of carbonyl (C=O) groups excluding carboxylic acids is 2. The smallest absolute Gasteiger partial charge is 0.318 e. The SMILES string of the molecule is CC(C(=O)NC(N)=O)S(=O)CCCN. The summed E-state index contributed by atoms with van der Waals surface area (Å²) in [6.07, 6.45) is 0.584. The van der Waals surface area contributed by atoms with Gasteiger partial charge in [-0.2, -0.15) is 0 Å². The number of rotatable bonds is 5. The Hall–Kier alpha value is -0.950. The zero-order chi connectivity index (χ0) is 11.1. The van der Waals surface area contributed by atoms with Crippen molar-refractivity contribution >= 4 is 22.7 Å². The van der Waals surface area contributed by atoms with E-state index in [1.165, 1.54) is 6.92 Å². The van der Waals surface area contributed by atoms with E-state index in [9.17, 15) is 13.8 Å². The molecule has 0 aromatic rings. The number of hydrogen-bond donors (Lipinski definition) is 3. The lowest BCUT2D eigenvalue weighted by atomic mass is 10.4. The van der Waals surface area contributed by atoms with E-state index in [1.54, 1.807) is 0 Å². The maximum atomic E-state index is 11.4. The van der Waals surface area contributed by atoms with Crippen LogP contribution < -0.4 is 16.8 Å². The van der Waals surface area contributed by atoms with Crippen molar-refractivity contribution in [1.29, 1.82) is 0 Å². The summed E-state index contributed by atoms with van der Waals surface area (Å²) in [7, 11) is -1.31. The molecule has 0 radical (unpaired) electrons. The van der Waals surface area contributed by atoms with E-state index in [4.69, 9.17) is 11.5 Å². The summed E-state index contributed by atoms with van der Waals surface area (Å²) in [6.45, 7) is 1.90. The van der Waals surface area contributed by atoms with Gasteiger partial charge in [0.2, 0.25) is 5.91 Å². The zero-order valence-corrected chi connectivity index (χ0v) is 8.80. The second-order valence-electron chi connectivity index (χ2n) is 2.72. The molecule has 14 heavy (non-hydrogen) atoms. The molecular weight excluding hydrogens is 206 g/mol. The first kappa shape index (κ1) is 13.1. The van der Waals surface area contributed by atoms with Crippen molar-refractivity contribution in [2.24, 2.45) is 11.5 Å². The first-order valence-electron chi connectivity index (χ1n) is 4.16. The molecule has 82 valence electrons. The van der Waals surface area contributed by atoms with E-state index in [0.29, 0.717) is 18.7 Å². The molecule has 0 aliphatic heterocycles. The van der Waals surface area contributed by atoms with E-state index in [2.05, 4.69) is 0 Å². The van der Waals surface area contributed by atoms with E-state index in [-0.39, 0.29) is 0 Å². The van der Waals surface area contributed by atoms with Crippen LogP contribution in [0, 0.1) is 0 Å². The van der Waals surface area contributed by atoms with Crippen molar-refractivity contribution in [2.45, 2.75) is 18.6 Å². The van der Waals surface area contributed by atoms with Gasteiger partial charge in [0.15, 0.2) is 0 Å². The number of hydrogen-bond acceptors (Lipinski definition) is 4. The van der Waals surface area contributed by atoms with Crippen molar-refractivity contribution in [1.82, 2.24) is 5.32 Å². The number of urea groups is 1. The Balaban J connectivity index is 4.04. The Morgan fingerprint density at radius 2 is 2.07 bits per heavy atom. The van der Waals surface area contributed by atoms with Crippen LogP contribution in [-0.2, 0) is 15.6 Å². The molecule has 0 rings (SSSR count). The Labute approximate surface area is 84.9 Å². The van der Waals surface area contributed by atoms with Gasteiger partial charge in [0.1, 0.15) is 5.25 Å². The molecular formula is C7H15N3O3S. The van der Waals surface area contributed by atoms with Crippen LogP contribution in [-0.4, -0.2) is 33.7 Å². The minimum Gasteiger partial charge on any atom is -0.351 e. The third-order valence-corrected chi connectivity index (χ3v) is 3.25. The number of nitrogens with two attached hydrogens (primary N) is 2. The number of imide groups is 1. The average Bonchev–Trinajstić information content (AvgIpc) is 2.11. The highest BCUT2D eigenvalue weighted by Gasteiger charge is 2.20. The molecule has 0 saturated carbocycles. The van der Waals surface area contributed by atoms with Crippen LogP contribution in [0.2, 0.25) is 0 Å². The molecule has 0 aliphatic rings. The van der Waals surface area contributed by atoms with Gasteiger partial charge in [-0.05, 0) is 19.9 Å². The summed E-state index contributed by atoms with van der Waals surface area (Å²) in [5.74, 6) is -0.267. The van der Waals surface area contributed by atoms with E-state index in [0.717, 1.165) is 0 Å². The average molecular weight is 221 g/mol. The fourth-order valence-electron chi connectivity index (χ4n) is 0.745. The summed E-state index contributed by atoms with van der Waals surface area (Å²) in [5.41, 5.74) is 9.97. The van der Waals surface area contributed by atoms with Crippen molar-refractivity contribution in [3.8, 4) is 0 Å². The highest BCUT2D eigenvalue weighted by molar-refractivity contribution is 7.86. The molecule has 0 bridgehead atoms. The molecule has 6 nitrogen and oxygen atoms in total. The molecule has 2 atom stereocenters. The van der Waals surface area contributed by atoms with Gasteiger partial charge < -0.3 is 11.5 Å². The van der Waals surface area contributed by atoms with Crippen molar-refractivity contribution in [2.75, 3.05) is 12.3 Å². The number of nitrogens with one attached hydrogen (secondary N) is 1. The summed E-state index contributed by atoms with van der Waals surface area (Å²) >= 11 is 0. The topological polar surface area (TPSA) is 115 Å². The van der Waals surface area contributed by atoms with Gasteiger partial charge in [-0.15, -0.1) is 0 Å². The Morgan fingerprint density at radius 3 is 2.50 bits per heavy atom. The second-order valence-corrected chi connectivity index (χ2v) is 4.60. The first-order valence-corrected chi connectivity index (χ1v) is 5.54. The lowest BCUT2D eigenvalue weighted by Gasteiger charge is -2.09. The maximum Gasteiger partial charge on any atom is 0.318 e. The van der Waals surface area contributed by atoms with Crippen molar-refractivity contribution in [3.63, 3.8) is 0 Å². The second kappa shape index (κ2) is 6.50. The normalized spacial score (nSPS) is 14.4. The predicted octanol–water partition coefficient (Wildman–Crippen LogP) is -1.33. The van der Waals surface area contributed by atoms with Crippen LogP contribution in [0.5, 0.6) is 0 Å². The lowest BCUT2D eigenvalue weighted by molar-refractivity contribution is -0.119. The number of carbonyl (C=O) groups is 2. The minimum atomic E-state index is -1.31. The van der Waals surface area contributed by atoms with Gasteiger partial charge in [0.25, 0.3) is 0 Å². The molecule has 2 unspecified atom stereocenters. The molecule has 0 fully saturated rings. The highest BCUT2D eigenvalue weighted by Crippen LogP contribution is 1.97. The number of primary amides is 1.